The predicted octanol–water partition coefficient (Wildman–Crippen LogP) is 4.07. The molecule has 3 nitrogen and oxygen atoms in total. The summed E-state index contributed by atoms with van der Waals surface area (Å²) in [5, 5.41) is 1.11. The normalized spacial score (nSPS) is 14.0. The second kappa shape index (κ2) is 5.84. The molecule has 0 saturated carbocycles. The van der Waals surface area contributed by atoms with Crippen molar-refractivity contribution in [3.05, 3.63) is 58.4 Å². The van der Waals surface area contributed by atoms with Gasteiger partial charge in [-0.15, -0.1) is 11.3 Å². The number of hydrogen-bond donors (Lipinski definition) is 1. The zero-order chi connectivity index (χ0) is 14.8. The second-order valence-electron chi connectivity index (χ2n) is 5.20. The fraction of sp³-hybridized carbons (Fsp3) is 0.235. The lowest BCUT2D eigenvalue weighted by Gasteiger charge is -2.21. The van der Waals surface area contributed by atoms with Crippen LogP contribution in [-0.4, -0.2) is 11.0 Å². The quantitative estimate of drug-likeness (QED) is 0.789. The molecule has 0 saturated heterocycles. The van der Waals surface area contributed by atoms with E-state index >= 15 is 0 Å². The molecule has 3 rings (SSSR count). The summed E-state index contributed by atoms with van der Waals surface area (Å²) < 4.78 is 6.13. The molecule has 2 unspecified atom stereocenters. The molecular weight excluding hydrogens is 280 g/mol. The number of ether oxygens (including phenoxy) is 1. The maximum atomic E-state index is 6.13. The van der Waals surface area contributed by atoms with Crippen molar-refractivity contribution in [2.45, 2.75) is 26.0 Å². The Bertz CT molecular complexity index is 751. The number of pyridine rings is 1. The van der Waals surface area contributed by atoms with Gasteiger partial charge < -0.3 is 10.5 Å². The van der Waals surface area contributed by atoms with Gasteiger partial charge in [-0.05, 0) is 44.2 Å². The van der Waals surface area contributed by atoms with Crippen LogP contribution in [0.1, 0.15) is 22.8 Å². The van der Waals surface area contributed by atoms with Crippen LogP contribution in [0.15, 0.2) is 48.7 Å². The minimum Gasteiger partial charge on any atom is -0.483 e. The Morgan fingerprint density at radius 2 is 2.05 bits per heavy atom. The average Bonchev–Trinajstić information content (AvgIpc) is 2.90. The lowest BCUT2D eigenvalue weighted by molar-refractivity contribution is 0.184. The predicted molar refractivity (Wildman–Crippen MR) is 87.8 cm³/mol. The fourth-order valence-electron chi connectivity index (χ4n) is 2.30. The lowest BCUT2D eigenvalue weighted by atomic mass is 10.1. The van der Waals surface area contributed by atoms with Crippen LogP contribution in [0.5, 0.6) is 5.75 Å². The molecule has 0 aliphatic heterocycles. The van der Waals surface area contributed by atoms with E-state index in [2.05, 4.69) is 24.0 Å². The summed E-state index contributed by atoms with van der Waals surface area (Å²) in [6.45, 7) is 4.06. The van der Waals surface area contributed by atoms with Crippen LogP contribution in [0.2, 0.25) is 0 Å². The fourth-order valence-corrected chi connectivity index (χ4v) is 3.32. The maximum Gasteiger partial charge on any atom is 0.148 e. The van der Waals surface area contributed by atoms with Gasteiger partial charge in [0.25, 0.3) is 0 Å². The van der Waals surface area contributed by atoms with Gasteiger partial charge in [0, 0.05) is 33.4 Å². The van der Waals surface area contributed by atoms with E-state index in [0.29, 0.717) is 0 Å². The Kier molecular flexibility index (Phi) is 3.90. The van der Waals surface area contributed by atoms with Crippen molar-refractivity contribution < 1.29 is 4.74 Å². The highest BCUT2D eigenvalue weighted by Gasteiger charge is 2.20. The van der Waals surface area contributed by atoms with E-state index in [9.17, 15) is 0 Å². The molecule has 1 aromatic carbocycles. The third-order valence-electron chi connectivity index (χ3n) is 3.36. The van der Waals surface area contributed by atoms with Gasteiger partial charge in [0.2, 0.25) is 0 Å². The summed E-state index contributed by atoms with van der Waals surface area (Å²) in [5.74, 6) is 0.801. The molecule has 0 aliphatic rings. The molecule has 2 atom stereocenters. The van der Waals surface area contributed by atoms with Crippen LogP contribution in [-0.2, 0) is 0 Å². The van der Waals surface area contributed by atoms with Crippen molar-refractivity contribution in [3.63, 3.8) is 0 Å². The summed E-state index contributed by atoms with van der Waals surface area (Å²) in [4.78, 5) is 6.78. The van der Waals surface area contributed by atoms with Crippen LogP contribution >= 0.6 is 11.3 Å². The number of nitrogens with zero attached hydrogens (tertiary/aromatic N) is 1. The Hall–Kier alpha value is -1.91. The SMILES string of the molecule is Cc1ccc(C(Oc2ccc3cccnc3c2)C(C)N)s1. The standard InChI is InChI=1S/C17H18N2OS/c1-11-5-8-16(21-11)17(12(2)18)20-14-7-6-13-4-3-9-19-15(13)10-14/h3-10,12,17H,18H2,1-2H3. The summed E-state index contributed by atoms with van der Waals surface area (Å²) in [6, 6.07) is 14.0. The zero-order valence-corrected chi connectivity index (χ0v) is 12.9. The number of aromatic nitrogens is 1. The molecule has 3 aromatic rings. The molecule has 0 spiro atoms. The summed E-state index contributed by atoms with van der Waals surface area (Å²) >= 11 is 1.73. The highest BCUT2D eigenvalue weighted by Crippen LogP contribution is 2.30. The van der Waals surface area contributed by atoms with Gasteiger partial charge in [-0.1, -0.05) is 6.07 Å². The largest absolute Gasteiger partial charge is 0.483 e. The second-order valence-corrected chi connectivity index (χ2v) is 6.52. The number of hydrogen-bond acceptors (Lipinski definition) is 4. The molecule has 0 aliphatic carbocycles. The third-order valence-corrected chi connectivity index (χ3v) is 4.42. The van der Waals surface area contributed by atoms with Crippen LogP contribution in [0.4, 0.5) is 0 Å². The highest BCUT2D eigenvalue weighted by atomic mass is 32.1. The van der Waals surface area contributed by atoms with E-state index in [1.165, 1.54) is 4.88 Å². The van der Waals surface area contributed by atoms with Crippen molar-refractivity contribution in [2.75, 3.05) is 0 Å². The first kappa shape index (κ1) is 14.0. The van der Waals surface area contributed by atoms with E-state index in [0.717, 1.165) is 21.5 Å². The zero-order valence-electron chi connectivity index (χ0n) is 12.1. The Balaban J connectivity index is 1.90. The van der Waals surface area contributed by atoms with Gasteiger partial charge >= 0.3 is 0 Å². The summed E-state index contributed by atoms with van der Waals surface area (Å²) in [6.07, 6.45) is 1.66. The van der Waals surface area contributed by atoms with Gasteiger partial charge in [0.05, 0.1) is 5.52 Å². The summed E-state index contributed by atoms with van der Waals surface area (Å²) in [7, 11) is 0. The van der Waals surface area contributed by atoms with Gasteiger partial charge in [0.15, 0.2) is 0 Å². The minimum atomic E-state index is -0.134. The number of nitrogens with two attached hydrogens (primary N) is 1. The van der Waals surface area contributed by atoms with Gasteiger partial charge in [-0.25, -0.2) is 0 Å². The van der Waals surface area contributed by atoms with Crippen molar-refractivity contribution in [3.8, 4) is 5.75 Å². The van der Waals surface area contributed by atoms with Gasteiger partial charge in [-0.2, -0.15) is 0 Å². The van der Waals surface area contributed by atoms with E-state index in [4.69, 9.17) is 10.5 Å². The van der Waals surface area contributed by atoms with Crippen molar-refractivity contribution >= 4 is 22.2 Å². The van der Waals surface area contributed by atoms with E-state index in [-0.39, 0.29) is 12.1 Å². The minimum absolute atomic E-state index is 0.0810. The topological polar surface area (TPSA) is 48.1 Å². The number of rotatable bonds is 4. The molecule has 2 N–H and O–H groups in total. The number of fused-ring (bicyclic) bond motifs is 1. The van der Waals surface area contributed by atoms with E-state index < -0.39 is 0 Å². The third kappa shape index (κ3) is 3.06. The summed E-state index contributed by atoms with van der Waals surface area (Å²) in [5.41, 5.74) is 7.04. The van der Waals surface area contributed by atoms with Crippen LogP contribution < -0.4 is 10.5 Å². The molecule has 0 fully saturated rings. The monoisotopic (exact) mass is 298 g/mol. The molecule has 108 valence electrons. The van der Waals surface area contributed by atoms with Gasteiger partial charge in [0.1, 0.15) is 11.9 Å². The van der Waals surface area contributed by atoms with E-state index in [1.54, 1.807) is 17.5 Å². The van der Waals surface area contributed by atoms with Crippen LogP contribution in [0.25, 0.3) is 10.9 Å². The molecule has 0 bridgehead atoms. The van der Waals surface area contributed by atoms with Crippen molar-refractivity contribution in [1.82, 2.24) is 4.98 Å². The van der Waals surface area contributed by atoms with Gasteiger partial charge in [-0.3, -0.25) is 4.98 Å². The highest BCUT2D eigenvalue weighted by molar-refractivity contribution is 7.12. The van der Waals surface area contributed by atoms with E-state index in [1.807, 2.05) is 37.3 Å². The lowest BCUT2D eigenvalue weighted by Crippen LogP contribution is -2.28. The smallest absolute Gasteiger partial charge is 0.148 e. The molecule has 21 heavy (non-hydrogen) atoms. The first-order chi connectivity index (χ1) is 10.1. The van der Waals surface area contributed by atoms with Crippen LogP contribution in [0.3, 0.4) is 0 Å². The number of benzene rings is 1. The average molecular weight is 298 g/mol. The molecule has 4 heteroatoms. The molecule has 2 heterocycles. The molecular formula is C17H18N2OS. The molecule has 0 amide bonds. The first-order valence-corrected chi connectivity index (χ1v) is 7.78. The Morgan fingerprint density at radius 3 is 2.76 bits per heavy atom. The number of thiophene rings is 1. The number of aryl methyl sites for hydroxylation is 1. The molecule has 2 aromatic heterocycles. The maximum absolute atomic E-state index is 6.13. The van der Waals surface area contributed by atoms with Crippen molar-refractivity contribution in [2.24, 2.45) is 5.73 Å². The molecule has 0 radical (unpaired) electrons. The van der Waals surface area contributed by atoms with Crippen LogP contribution in [0, 0.1) is 6.92 Å². The first-order valence-electron chi connectivity index (χ1n) is 6.97. The Labute approximate surface area is 128 Å². The van der Waals surface area contributed by atoms with Crippen molar-refractivity contribution in [1.29, 1.82) is 0 Å². The Morgan fingerprint density at radius 1 is 1.19 bits per heavy atom.